The Bertz CT molecular complexity index is 132. The van der Waals surface area contributed by atoms with Gasteiger partial charge in [0.15, 0.2) is 0 Å². The van der Waals surface area contributed by atoms with Gasteiger partial charge in [0.1, 0.15) is 12.0 Å². The lowest BCUT2D eigenvalue weighted by Gasteiger charge is -2.18. The van der Waals surface area contributed by atoms with Crippen molar-refractivity contribution in [2.75, 3.05) is 0 Å². The van der Waals surface area contributed by atoms with E-state index in [-0.39, 0.29) is 6.42 Å². The van der Waals surface area contributed by atoms with E-state index in [1.807, 2.05) is 0 Å². The van der Waals surface area contributed by atoms with E-state index < -0.39 is 11.6 Å². The van der Waals surface area contributed by atoms with Crippen LogP contribution in [0, 0.1) is 0 Å². The maximum absolute atomic E-state index is 10.6. The first-order valence-electron chi connectivity index (χ1n) is 3.02. The van der Waals surface area contributed by atoms with Crippen LogP contribution in [0.25, 0.3) is 0 Å². The van der Waals surface area contributed by atoms with Gasteiger partial charge in [-0.2, -0.15) is 0 Å². The van der Waals surface area contributed by atoms with Crippen LogP contribution in [0.1, 0.15) is 27.2 Å². The molecule has 0 amide bonds. The molecule has 0 aliphatic carbocycles. The highest BCUT2D eigenvalue weighted by atomic mass is 16.6. The standard InChI is InChI=1S/C7H11O3/c1-7(2,3)10-6(9)4-5-8/h4H2,1-3H3. The fourth-order valence-electron chi connectivity index (χ4n) is 0.437. The minimum absolute atomic E-state index is 0.280. The third kappa shape index (κ3) is 5.28. The molecule has 0 rings (SSSR count). The number of hydrogen-bond donors (Lipinski definition) is 0. The van der Waals surface area contributed by atoms with E-state index in [1.165, 1.54) is 6.29 Å². The van der Waals surface area contributed by atoms with E-state index in [2.05, 4.69) is 0 Å². The van der Waals surface area contributed by atoms with Crippen LogP contribution in [-0.2, 0) is 14.3 Å². The first-order chi connectivity index (χ1) is 4.45. The fraction of sp³-hybridized carbons (Fsp3) is 0.714. The van der Waals surface area contributed by atoms with E-state index >= 15 is 0 Å². The van der Waals surface area contributed by atoms with Gasteiger partial charge in [0.2, 0.25) is 6.29 Å². The molecule has 0 heterocycles. The van der Waals surface area contributed by atoms with E-state index in [0.29, 0.717) is 0 Å². The molecule has 0 N–H and O–H groups in total. The molecule has 0 unspecified atom stereocenters. The summed E-state index contributed by atoms with van der Waals surface area (Å²) in [6.07, 6.45) is 1.19. The Morgan fingerprint density at radius 2 is 2.00 bits per heavy atom. The quantitative estimate of drug-likeness (QED) is 0.424. The summed E-state index contributed by atoms with van der Waals surface area (Å²) in [6, 6.07) is 0. The number of ether oxygens (including phenoxy) is 1. The third-order valence-electron chi connectivity index (χ3n) is 0.637. The Hall–Kier alpha value is -0.860. The normalized spacial score (nSPS) is 10.7. The molecule has 0 spiro atoms. The second-order valence-corrected chi connectivity index (χ2v) is 2.91. The highest BCUT2D eigenvalue weighted by Gasteiger charge is 2.15. The SMILES string of the molecule is CC(C)(C)OC(=O)C[C]=O. The van der Waals surface area contributed by atoms with Crippen LogP contribution in [-0.4, -0.2) is 17.9 Å². The monoisotopic (exact) mass is 143 g/mol. The molecule has 1 radical (unpaired) electrons. The Kier molecular flexibility index (Phi) is 3.06. The van der Waals surface area contributed by atoms with Crippen LogP contribution in [0.5, 0.6) is 0 Å². The molecule has 57 valence electrons. The molecule has 0 fully saturated rings. The Labute approximate surface area is 60.4 Å². The zero-order chi connectivity index (χ0) is 8.20. The summed E-state index contributed by atoms with van der Waals surface area (Å²) in [7, 11) is 0. The highest BCUT2D eigenvalue weighted by molar-refractivity contribution is 5.84. The van der Waals surface area contributed by atoms with Crippen molar-refractivity contribution >= 4 is 12.3 Å². The summed E-state index contributed by atoms with van der Waals surface area (Å²) in [5, 5.41) is 0. The third-order valence-corrected chi connectivity index (χ3v) is 0.637. The molecular formula is C7H11O3. The molecule has 0 atom stereocenters. The predicted molar refractivity (Wildman–Crippen MR) is 36.2 cm³/mol. The van der Waals surface area contributed by atoms with E-state index in [9.17, 15) is 9.59 Å². The molecule has 0 aromatic carbocycles. The number of hydrogen-bond acceptors (Lipinski definition) is 3. The zero-order valence-corrected chi connectivity index (χ0v) is 6.43. The van der Waals surface area contributed by atoms with Crippen molar-refractivity contribution in [2.24, 2.45) is 0 Å². The van der Waals surface area contributed by atoms with Crippen LogP contribution in [0.4, 0.5) is 0 Å². The predicted octanol–water partition coefficient (Wildman–Crippen LogP) is 0.828. The lowest BCUT2D eigenvalue weighted by Crippen LogP contribution is -2.23. The minimum Gasteiger partial charge on any atom is -0.460 e. The van der Waals surface area contributed by atoms with E-state index in [4.69, 9.17) is 4.74 Å². The van der Waals surface area contributed by atoms with Gasteiger partial charge < -0.3 is 4.74 Å². The van der Waals surface area contributed by atoms with E-state index in [1.54, 1.807) is 20.8 Å². The van der Waals surface area contributed by atoms with Crippen molar-refractivity contribution < 1.29 is 14.3 Å². The van der Waals surface area contributed by atoms with Gasteiger partial charge in [-0.05, 0) is 20.8 Å². The first kappa shape index (κ1) is 9.14. The second kappa shape index (κ2) is 3.34. The van der Waals surface area contributed by atoms with Gasteiger partial charge in [-0.15, -0.1) is 0 Å². The van der Waals surface area contributed by atoms with Crippen molar-refractivity contribution in [3.63, 3.8) is 0 Å². The van der Waals surface area contributed by atoms with Gasteiger partial charge in [0, 0.05) is 0 Å². The van der Waals surface area contributed by atoms with Gasteiger partial charge in [0.05, 0.1) is 0 Å². The van der Waals surface area contributed by atoms with Crippen molar-refractivity contribution in [2.45, 2.75) is 32.8 Å². The van der Waals surface area contributed by atoms with Crippen molar-refractivity contribution in [3.8, 4) is 0 Å². The Morgan fingerprint density at radius 3 is 2.30 bits per heavy atom. The lowest BCUT2D eigenvalue weighted by atomic mass is 10.2. The molecule has 3 heteroatoms. The van der Waals surface area contributed by atoms with Crippen LogP contribution in [0.2, 0.25) is 0 Å². The average Bonchev–Trinajstić information content (AvgIpc) is 1.59. The Morgan fingerprint density at radius 1 is 1.50 bits per heavy atom. The molecule has 0 bridgehead atoms. The molecule has 0 aliphatic rings. The van der Waals surface area contributed by atoms with Crippen LogP contribution >= 0.6 is 0 Å². The zero-order valence-electron chi connectivity index (χ0n) is 6.43. The molecule has 0 aromatic heterocycles. The van der Waals surface area contributed by atoms with Crippen LogP contribution in [0.3, 0.4) is 0 Å². The van der Waals surface area contributed by atoms with Gasteiger partial charge in [-0.3, -0.25) is 9.59 Å². The van der Waals surface area contributed by atoms with Crippen LogP contribution < -0.4 is 0 Å². The topological polar surface area (TPSA) is 43.4 Å². The van der Waals surface area contributed by atoms with Gasteiger partial charge in [-0.1, -0.05) is 0 Å². The molecule has 10 heavy (non-hydrogen) atoms. The van der Waals surface area contributed by atoms with Crippen LogP contribution in [0.15, 0.2) is 0 Å². The number of carbonyl (C=O) groups is 1. The summed E-state index contributed by atoms with van der Waals surface area (Å²) in [4.78, 5) is 20.2. The summed E-state index contributed by atoms with van der Waals surface area (Å²) >= 11 is 0. The smallest absolute Gasteiger partial charge is 0.314 e. The first-order valence-corrected chi connectivity index (χ1v) is 3.02. The maximum atomic E-state index is 10.6. The number of rotatable bonds is 2. The summed E-state index contributed by atoms with van der Waals surface area (Å²) < 4.78 is 4.78. The average molecular weight is 143 g/mol. The minimum atomic E-state index is -0.525. The number of carbonyl (C=O) groups excluding carboxylic acids is 2. The van der Waals surface area contributed by atoms with Crippen molar-refractivity contribution in [3.05, 3.63) is 0 Å². The molecular weight excluding hydrogens is 132 g/mol. The van der Waals surface area contributed by atoms with E-state index in [0.717, 1.165) is 0 Å². The van der Waals surface area contributed by atoms with Gasteiger partial charge >= 0.3 is 5.97 Å². The Balaban J connectivity index is 3.68. The number of esters is 1. The van der Waals surface area contributed by atoms with Gasteiger partial charge in [0.25, 0.3) is 0 Å². The van der Waals surface area contributed by atoms with Crippen molar-refractivity contribution in [1.82, 2.24) is 0 Å². The second-order valence-electron chi connectivity index (χ2n) is 2.91. The molecule has 0 saturated heterocycles. The molecule has 0 aromatic rings. The summed E-state index contributed by atoms with van der Waals surface area (Å²) in [5.74, 6) is -0.525. The highest BCUT2D eigenvalue weighted by Crippen LogP contribution is 2.07. The maximum Gasteiger partial charge on any atom is 0.314 e. The lowest BCUT2D eigenvalue weighted by molar-refractivity contribution is -0.153. The van der Waals surface area contributed by atoms with Crippen molar-refractivity contribution in [1.29, 1.82) is 0 Å². The molecule has 3 nitrogen and oxygen atoms in total. The summed E-state index contributed by atoms with van der Waals surface area (Å²) in [6.45, 7) is 5.24. The largest absolute Gasteiger partial charge is 0.460 e. The molecule has 0 saturated carbocycles. The van der Waals surface area contributed by atoms with Gasteiger partial charge in [-0.25, -0.2) is 0 Å². The molecule has 0 aliphatic heterocycles. The fourth-order valence-corrected chi connectivity index (χ4v) is 0.437. The summed E-state index contributed by atoms with van der Waals surface area (Å²) in [5.41, 5.74) is -0.506.